The van der Waals surface area contributed by atoms with Gasteiger partial charge in [0.15, 0.2) is 5.96 Å². The fraction of sp³-hybridized carbons (Fsp3) is 0.773. The molecule has 31 heavy (non-hydrogen) atoms. The van der Waals surface area contributed by atoms with Gasteiger partial charge in [0.1, 0.15) is 0 Å². The van der Waals surface area contributed by atoms with Gasteiger partial charge in [-0.3, -0.25) is 9.89 Å². The number of aliphatic imine (C=N–C) groups is 1. The number of nitrogens with one attached hydrogen (secondary N) is 2. The minimum absolute atomic E-state index is 0. The fourth-order valence-corrected chi connectivity index (χ4v) is 4.67. The molecule has 7 nitrogen and oxygen atoms in total. The lowest BCUT2D eigenvalue weighted by molar-refractivity contribution is 0.0186. The number of nitrogens with zero attached hydrogens (tertiary/aromatic N) is 2. The van der Waals surface area contributed by atoms with E-state index in [2.05, 4.69) is 40.0 Å². The van der Waals surface area contributed by atoms with E-state index in [1.165, 1.54) is 4.88 Å². The molecular formula is C22H39IN4O3S. The molecule has 1 atom stereocenters. The first-order chi connectivity index (χ1) is 14.9. The first-order valence-corrected chi connectivity index (χ1v) is 12.3. The Kier molecular flexibility index (Phi) is 14.0. The van der Waals surface area contributed by atoms with Crippen molar-refractivity contribution in [2.24, 2.45) is 10.9 Å². The molecule has 2 aliphatic rings. The summed E-state index contributed by atoms with van der Waals surface area (Å²) in [5.41, 5.74) is 0. The van der Waals surface area contributed by atoms with E-state index < -0.39 is 0 Å². The van der Waals surface area contributed by atoms with E-state index in [0.717, 1.165) is 97.6 Å². The number of morpholine rings is 1. The molecule has 1 aromatic heterocycles. The van der Waals surface area contributed by atoms with Crippen LogP contribution in [-0.2, 0) is 14.2 Å². The number of rotatable bonds is 11. The van der Waals surface area contributed by atoms with Crippen LogP contribution < -0.4 is 10.6 Å². The third-order valence-corrected chi connectivity index (χ3v) is 6.55. The van der Waals surface area contributed by atoms with Crippen molar-refractivity contribution in [2.75, 3.05) is 72.4 Å². The summed E-state index contributed by atoms with van der Waals surface area (Å²) in [6, 6.07) is 4.66. The normalized spacial score (nSPS) is 19.6. The molecule has 2 fully saturated rings. The van der Waals surface area contributed by atoms with Gasteiger partial charge in [-0.1, -0.05) is 6.07 Å². The van der Waals surface area contributed by atoms with E-state index >= 15 is 0 Å². The van der Waals surface area contributed by atoms with Gasteiger partial charge in [-0.05, 0) is 43.6 Å². The number of halogens is 1. The molecule has 1 unspecified atom stereocenters. The first-order valence-electron chi connectivity index (χ1n) is 11.4. The van der Waals surface area contributed by atoms with Gasteiger partial charge in [0, 0.05) is 57.5 Å². The van der Waals surface area contributed by atoms with Gasteiger partial charge < -0.3 is 24.8 Å². The lowest BCUT2D eigenvalue weighted by atomic mass is 10.0. The molecule has 0 bridgehead atoms. The standard InChI is InChI=1S/C22H38N4O3S.HI/c1-2-23-22(24-8-4-11-29-18-19-6-12-27-13-7-19)25-17-20(21-5-3-16-30-21)26-9-14-28-15-10-26;/h3,5,16,19-20H,2,4,6-15,17-18H2,1H3,(H2,23,24,25);1H. The minimum atomic E-state index is 0. The summed E-state index contributed by atoms with van der Waals surface area (Å²) in [7, 11) is 0. The average Bonchev–Trinajstić information content (AvgIpc) is 3.32. The Hall–Kier alpha value is -0.460. The highest BCUT2D eigenvalue weighted by atomic mass is 127. The zero-order chi connectivity index (χ0) is 20.9. The summed E-state index contributed by atoms with van der Waals surface area (Å²) in [4.78, 5) is 8.77. The van der Waals surface area contributed by atoms with E-state index in [4.69, 9.17) is 19.2 Å². The van der Waals surface area contributed by atoms with Crippen molar-refractivity contribution in [3.05, 3.63) is 22.4 Å². The molecule has 0 saturated carbocycles. The van der Waals surface area contributed by atoms with Gasteiger partial charge in [0.05, 0.1) is 25.8 Å². The SMILES string of the molecule is CCNC(=NCC(c1cccs1)N1CCOCC1)NCCCOCC1CCOCC1.I. The van der Waals surface area contributed by atoms with E-state index in [1.54, 1.807) is 0 Å². The van der Waals surface area contributed by atoms with Gasteiger partial charge in [0.2, 0.25) is 0 Å². The second-order valence-electron chi connectivity index (χ2n) is 7.81. The van der Waals surface area contributed by atoms with Crippen LogP contribution in [0.5, 0.6) is 0 Å². The summed E-state index contributed by atoms with van der Waals surface area (Å²) in [6.07, 6.45) is 3.24. The molecule has 3 rings (SSSR count). The Balaban J connectivity index is 0.00000341. The maximum Gasteiger partial charge on any atom is 0.191 e. The predicted molar refractivity (Wildman–Crippen MR) is 138 cm³/mol. The van der Waals surface area contributed by atoms with Crippen LogP contribution in [0.3, 0.4) is 0 Å². The van der Waals surface area contributed by atoms with Crippen LogP contribution in [0, 0.1) is 5.92 Å². The van der Waals surface area contributed by atoms with Crippen LogP contribution in [0.2, 0.25) is 0 Å². The maximum absolute atomic E-state index is 5.87. The van der Waals surface area contributed by atoms with Gasteiger partial charge in [0.25, 0.3) is 0 Å². The van der Waals surface area contributed by atoms with Crippen LogP contribution in [0.1, 0.15) is 37.1 Å². The van der Waals surface area contributed by atoms with Crippen LogP contribution in [0.4, 0.5) is 0 Å². The van der Waals surface area contributed by atoms with Crippen molar-refractivity contribution >= 4 is 41.3 Å². The maximum atomic E-state index is 5.87. The molecular weight excluding hydrogens is 527 g/mol. The summed E-state index contributed by atoms with van der Waals surface area (Å²) in [6.45, 7) is 11.5. The summed E-state index contributed by atoms with van der Waals surface area (Å²) in [5.74, 6) is 1.55. The zero-order valence-electron chi connectivity index (χ0n) is 18.7. The molecule has 9 heteroatoms. The molecule has 2 saturated heterocycles. The first kappa shape index (κ1) is 26.8. The van der Waals surface area contributed by atoms with Crippen molar-refractivity contribution in [2.45, 2.75) is 32.2 Å². The molecule has 3 heterocycles. The van der Waals surface area contributed by atoms with E-state index in [9.17, 15) is 0 Å². The van der Waals surface area contributed by atoms with Crippen LogP contribution in [0.25, 0.3) is 0 Å². The number of ether oxygens (including phenoxy) is 3. The zero-order valence-corrected chi connectivity index (χ0v) is 21.9. The van der Waals surface area contributed by atoms with Crippen LogP contribution in [-0.4, -0.2) is 83.2 Å². The number of hydrogen-bond acceptors (Lipinski definition) is 6. The highest BCUT2D eigenvalue weighted by Crippen LogP contribution is 2.26. The molecule has 0 aliphatic carbocycles. The van der Waals surface area contributed by atoms with Gasteiger partial charge in [-0.15, -0.1) is 35.3 Å². The number of thiophene rings is 1. The largest absolute Gasteiger partial charge is 0.381 e. The topological polar surface area (TPSA) is 67.4 Å². The Labute approximate surface area is 208 Å². The predicted octanol–water partition coefficient (Wildman–Crippen LogP) is 3.13. The second-order valence-corrected chi connectivity index (χ2v) is 8.79. The van der Waals surface area contributed by atoms with Gasteiger partial charge in [-0.2, -0.15) is 0 Å². The smallest absolute Gasteiger partial charge is 0.191 e. The summed E-state index contributed by atoms with van der Waals surface area (Å²) >= 11 is 1.81. The molecule has 178 valence electrons. The number of hydrogen-bond donors (Lipinski definition) is 2. The van der Waals surface area contributed by atoms with Crippen LogP contribution >= 0.6 is 35.3 Å². The van der Waals surface area contributed by atoms with E-state index in [-0.39, 0.29) is 24.0 Å². The molecule has 1 aromatic rings. The summed E-state index contributed by atoms with van der Waals surface area (Å²) in [5, 5.41) is 8.98. The van der Waals surface area contributed by atoms with Crippen molar-refractivity contribution in [3.8, 4) is 0 Å². The van der Waals surface area contributed by atoms with Gasteiger partial charge in [-0.25, -0.2) is 0 Å². The molecule has 0 amide bonds. The Bertz CT molecular complexity index is 594. The third kappa shape index (κ3) is 9.91. The molecule has 0 radical (unpaired) electrons. The number of guanidine groups is 1. The lowest BCUT2D eigenvalue weighted by Crippen LogP contribution is -2.41. The monoisotopic (exact) mass is 566 g/mol. The van der Waals surface area contributed by atoms with Crippen molar-refractivity contribution < 1.29 is 14.2 Å². The van der Waals surface area contributed by atoms with Crippen molar-refractivity contribution in [1.82, 2.24) is 15.5 Å². The Morgan fingerprint density at radius 3 is 2.71 bits per heavy atom. The highest BCUT2D eigenvalue weighted by Gasteiger charge is 2.23. The lowest BCUT2D eigenvalue weighted by Gasteiger charge is -2.33. The quantitative estimate of drug-likeness (QED) is 0.186. The fourth-order valence-electron chi connectivity index (χ4n) is 3.82. The van der Waals surface area contributed by atoms with E-state index in [1.807, 2.05) is 11.3 Å². The molecule has 0 aromatic carbocycles. The summed E-state index contributed by atoms with van der Waals surface area (Å²) < 4.78 is 16.8. The Morgan fingerprint density at radius 1 is 1.23 bits per heavy atom. The third-order valence-electron chi connectivity index (χ3n) is 5.58. The Morgan fingerprint density at radius 2 is 2.00 bits per heavy atom. The highest BCUT2D eigenvalue weighted by molar-refractivity contribution is 14.0. The molecule has 2 aliphatic heterocycles. The van der Waals surface area contributed by atoms with Crippen molar-refractivity contribution in [3.63, 3.8) is 0 Å². The van der Waals surface area contributed by atoms with E-state index in [0.29, 0.717) is 12.0 Å². The van der Waals surface area contributed by atoms with Crippen molar-refractivity contribution in [1.29, 1.82) is 0 Å². The van der Waals surface area contributed by atoms with Gasteiger partial charge >= 0.3 is 0 Å². The second kappa shape index (κ2) is 16.2. The minimum Gasteiger partial charge on any atom is -0.381 e. The molecule has 0 spiro atoms. The van der Waals surface area contributed by atoms with Crippen LogP contribution in [0.15, 0.2) is 22.5 Å². The average molecular weight is 567 g/mol. The molecule has 2 N–H and O–H groups in total.